The number of hydrogen-bond donors (Lipinski definition) is 2. The van der Waals surface area contributed by atoms with Gasteiger partial charge in [-0.1, -0.05) is 30.3 Å². The number of alkyl halides is 3. The van der Waals surface area contributed by atoms with Gasteiger partial charge in [0.2, 0.25) is 0 Å². The van der Waals surface area contributed by atoms with Crippen LogP contribution in [0, 0.1) is 5.82 Å². The maximum atomic E-state index is 13.9. The number of rotatable bonds is 5. The molecule has 0 atom stereocenters. The first-order chi connectivity index (χ1) is 20.0. The molecule has 0 aliphatic heterocycles. The molecule has 0 radical (unpaired) electrons. The number of nitrogens with two attached hydrogens (primary N) is 1. The van der Waals surface area contributed by atoms with Crippen LogP contribution in [-0.2, 0) is 13.2 Å². The van der Waals surface area contributed by atoms with Gasteiger partial charge in [0.25, 0.3) is 11.8 Å². The summed E-state index contributed by atoms with van der Waals surface area (Å²) in [5.74, 6) is -2.22. The highest BCUT2D eigenvalue weighted by molar-refractivity contribution is 7.21. The van der Waals surface area contributed by atoms with Crippen molar-refractivity contribution in [3.63, 3.8) is 0 Å². The summed E-state index contributed by atoms with van der Waals surface area (Å²) >= 11 is 0.620. The number of amides is 2. The summed E-state index contributed by atoms with van der Waals surface area (Å²) in [7, 11) is 1.74. The molecule has 0 saturated heterocycles. The van der Waals surface area contributed by atoms with Crippen LogP contribution in [0.25, 0.3) is 43.5 Å². The predicted molar refractivity (Wildman–Crippen MR) is 150 cm³/mol. The molecule has 3 N–H and O–H groups in total. The van der Waals surface area contributed by atoms with Crippen molar-refractivity contribution in [2.24, 2.45) is 12.8 Å². The van der Waals surface area contributed by atoms with Gasteiger partial charge in [0.05, 0.1) is 28.7 Å². The molecular formula is C29H18F4N6O2S. The molecule has 2 aromatic carbocycles. The van der Waals surface area contributed by atoms with Crippen molar-refractivity contribution >= 4 is 50.0 Å². The lowest BCUT2D eigenvalue weighted by Crippen LogP contribution is -2.17. The molecule has 6 aromatic rings. The molecule has 4 aromatic heterocycles. The van der Waals surface area contributed by atoms with Crippen molar-refractivity contribution in [1.82, 2.24) is 19.7 Å². The Labute approximate surface area is 238 Å². The van der Waals surface area contributed by atoms with Gasteiger partial charge in [0.15, 0.2) is 0 Å². The van der Waals surface area contributed by atoms with E-state index in [0.29, 0.717) is 33.5 Å². The first-order valence-corrected chi connectivity index (χ1v) is 13.1. The minimum atomic E-state index is -4.82. The lowest BCUT2D eigenvalue weighted by Gasteiger charge is -2.13. The second-order valence-corrected chi connectivity index (χ2v) is 10.3. The van der Waals surface area contributed by atoms with Crippen molar-refractivity contribution in [3.8, 4) is 22.4 Å². The van der Waals surface area contributed by atoms with E-state index in [1.54, 1.807) is 54.5 Å². The molecule has 4 heterocycles. The molecule has 0 bridgehead atoms. The number of anilines is 1. The number of primary amides is 1. The summed E-state index contributed by atoms with van der Waals surface area (Å²) in [5, 5.41) is 7.43. The molecule has 0 fully saturated rings. The Balaban J connectivity index is 1.56. The first-order valence-electron chi connectivity index (χ1n) is 12.3. The second kappa shape index (κ2) is 10.0. The number of halogens is 4. The Hall–Kier alpha value is -5.17. The Morgan fingerprint density at radius 1 is 1.00 bits per heavy atom. The van der Waals surface area contributed by atoms with E-state index < -0.39 is 29.5 Å². The van der Waals surface area contributed by atoms with Crippen LogP contribution in [0.5, 0.6) is 0 Å². The summed E-state index contributed by atoms with van der Waals surface area (Å²) in [6, 6.07) is 14.1. The number of aromatic nitrogens is 4. The van der Waals surface area contributed by atoms with E-state index in [0.717, 1.165) is 18.2 Å². The van der Waals surface area contributed by atoms with Crippen LogP contribution < -0.4 is 11.1 Å². The van der Waals surface area contributed by atoms with Crippen molar-refractivity contribution in [2.45, 2.75) is 6.18 Å². The maximum absolute atomic E-state index is 13.9. The zero-order chi connectivity index (χ0) is 29.8. The third-order valence-electron chi connectivity index (χ3n) is 6.53. The smallest absolute Gasteiger partial charge is 0.365 e. The van der Waals surface area contributed by atoms with Gasteiger partial charge in [-0.15, -0.1) is 11.3 Å². The normalized spacial score (nSPS) is 11.7. The third-order valence-corrected chi connectivity index (χ3v) is 7.63. The van der Waals surface area contributed by atoms with Crippen LogP contribution in [0.15, 0.2) is 73.1 Å². The van der Waals surface area contributed by atoms with Gasteiger partial charge in [-0.3, -0.25) is 14.3 Å². The Bertz CT molecular complexity index is 2030. The summed E-state index contributed by atoms with van der Waals surface area (Å²) in [6.07, 6.45) is -1.49. The van der Waals surface area contributed by atoms with Crippen LogP contribution in [0.4, 0.5) is 23.2 Å². The maximum Gasteiger partial charge on any atom is 0.433 e. The molecule has 2 amide bonds. The number of aryl methyl sites for hydroxylation is 1. The Morgan fingerprint density at radius 2 is 1.74 bits per heavy atom. The van der Waals surface area contributed by atoms with Crippen molar-refractivity contribution in [1.29, 1.82) is 0 Å². The number of pyridine rings is 2. The number of carbonyl (C=O) groups is 2. The molecule has 0 unspecified atom stereocenters. The topological polar surface area (TPSA) is 116 Å². The minimum Gasteiger partial charge on any atom is -0.365 e. The average Bonchev–Trinajstić information content (AvgIpc) is 3.55. The molecular weight excluding hydrogens is 572 g/mol. The van der Waals surface area contributed by atoms with Crippen LogP contribution in [0.2, 0.25) is 0 Å². The molecule has 8 nitrogen and oxygen atoms in total. The quantitative estimate of drug-likeness (QED) is 0.225. The Morgan fingerprint density at radius 3 is 2.40 bits per heavy atom. The fourth-order valence-corrected chi connectivity index (χ4v) is 5.65. The largest absolute Gasteiger partial charge is 0.433 e. The molecule has 13 heteroatoms. The number of para-hydroxylation sites is 1. The molecule has 210 valence electrons. The van der Waals surface area contributed by atoms with E-state index in [-0.39, 0.29) is 37.5 Å². The van der Waals surface area contributed by atoms with E-state index in [1.165, 1.54) is 12.1 Å². The van der Waals surface area contributed by atoms with Crippen LogP contribution in [0.3, 0.4) is 0 Å². The fraction of sp³-hybridized carbons (Fsp3) is 0.0690. The van der Waals surface area contributed by atoms with Gasteiger partial charge >= 0.3 is 6.18 Å². The summed E-state index contributed by atoms with van der Waals surface area (Å²) < 4.78 is 56.7. The van der Waals surface area contributed by atoms with Gasteiger partial charge in [-0.2, -0.15) is 18.3 Å². The number of carbonyl (C=O) groups excluding carboxylic acids is 2. The number of nitrogens with zero attached hydrogens (tertiary/aromatic N) is 4. The summed E-state index contributed by atoms with van der Waals surface area (Å²) in [5.41, 5.74) is 6.32. The van der Waals surface area contributed by atoms with Gasteiger partial charge < -0.3 is 11.1 Å². The third kappa shape index (κ3) is 4.83. The van der Waals surface area contributed by atoms with E-state index >= 15 is 0 Å². The molecule has 6 rings (SSSR count). The van der Waals surface area contributed by atoms with Crippen LogP contribution in [-0.4, -0.2) is 31.6 Å². The molecule has 42 heavy (non-hydrogen) atoms. The van der Waals surface area contributed by atoms with Gasteiger partial charge in [-0.05, 0) is 41.5 Å². The average molecular weight is 591 g/mol. The van der Waals surface area contributed by atoms with Gasteiger partial charge in [-0.25, -0.2) is 14.4 Å². The standard InChI is InChI=1S/C29H18F4N6O2S/c1-39-13-15(12-35-39)21-10-19(17-4-2-3-5-20(17)36-21)27(41)38-24-23-18(14-6-8-16(30)9-7-14)11-22(29(31,32)33)37-28(23)42-25(24)26(34)40/h2-13H,1H3,(H2,34,40)(H,38,41). The number of fused-ring (bicyclic) bond motifs is 2. The zero-order valence-electron chi connectivity index (χ0n) is 21.5. The first kappa shape index (κ1) is 27.0. The molecule has 0 aliphatic rings. The van der Waals surface area contributed by atoms with Crippen molar-refractivity contribution < 1.29 is 27.2 Å². The lowest BCUT2D eigenvalue weighted by atomic mass is 10.0. The minimum absolute atomic E-state index is 0.0120. The van der Waals surface area contributed by atoms with Crippen molar-refractivity contribution in [2.75, 3.05) is 5.32 Å². The second-order valence-electron chi connectivity index (χ2n) is 9.34. The lowest BCUT2D eigenvalue weighted by molar-refractivity contribution is -0.140. The SMILES string of the molecule is Cn1cc(-c2cc(C(=O)Nc3c(C(N)=O)sc4nc(C(F)(F)F)cc(-c5ccc(F)cc5)c34)c3ccccc3n2)cn1. The van der Waals surface area contributed by atoms with E-state index in [1.807, 2.05) is 0 Å². The number of nitrogens with one attached hydrogen (secondary N) is 1. The highest BCUT2D eigenvalue weighted by Crippen LogP contribution is 2.44. The number of hydrogen-bond acceptors (Lipinski definition) is 6. The number of thiophene rings is 1. The zero-order valence-corrected chi connectivity index (χ0v) is 22.3. The summed E-state index contributed by atoms with van der Waals surface area (Å²) in [6.45, 7) is 0. The highest BCUT2D eigenvalue weighted by atomic mass is 32.1. The highest BCUT2D eigenvalue weighted by Gasteiger charge is 2.35. The Kier molecular flexibility index (Phi) is 6.45. The molecule has 0 saturated carbocycles. The fourth-order valence-electron chi connectivity index (χ4n) is 4.64. The molecule has 0 spiro atoms. The van der Waals surface area contributed by atoms with Gasteiger partial charge in [0, 0.05) is 29.6 Å². The summed E-state index contributed by atoms with van der Waals surface area (Å²) in [4.78, 5) is 34.4. The molecule has 0 aliphatic carbocycles. The van der Waals surface area contributed by atoms with Gasteiger partial charge in [0.1, 0.15) is 21.2 Å². The van der Waals surface area contributed by atoms with E-state index in [2.05, 4.69) is 20.4 Å². The van der Waals surface area contributed by atoms with Crippen molar-refractivity contribution in [3.05, 3.63) is 95.0 Å². The monoisotopic (exact) mass is 590 g/mol. The van der Waals surface area contributed by atoms with E-state index in [4.69, 9.17) is 5.73 Å². The van der Waals surface area contributed by atoms with Crippen LogP contribution in [0.1, 0.15) is 25.7 Å². The van der Waals surface area contributed by atoms with E-state index in [9.17, 15) is 27.2 Å². The predicted octanol–water partition coefficient (Wildman–Crippen LogP) is 6.42. The van der Waals surface area contributed by atoms with Crippen LogP contribution >= 0.6 is 11.3 Å². The number of benzene rings is 2.